The lowest BCUT2D eigenvalue weighted by atomic mass is 10.2. The third kappa shape index (κ3) is 5.02. The largest absolute Gasteiger partial charge is 0.494 e. The van der Waals surface area contributed by atoms with Crippen LogP contribution in [0.3, 0.4) is 0 Å². The highest BCUT2D eigenvalue weighted by atomic mass is 16.5. The van der Waals surface area contributed by atoms with Crippen LogP contribution in [0.5, 0.6) is 5.75 Å². The molecule has 1 aromatic carbocycles. The summed E-state index contributed by atoms with van der Waals surface area (Å²) in [6.45, 7) is 6.45. The van der Waals surface area contributed by atoms with Gasteiger partial charge in [-0.25, -0.2) is 0 Å². The normalized spacial score (nSPS) is 17.1. The highest BCUT2D eigenvalue weighted by molar-refractivity contribution is 5.46. The van der Waals surface area contributed by atoms with Gasteiger partial charge in [-0.2, -0.15) is 0 Å². The highest BCUT2D eigenvalue weighted by Gasteiger charge is 2.15. The molecule has 4 nitrogen and oxygen atoms in total. The Morgan fingerprint density at radius 3 is 2.60 bits per heavy atom. The van der Waals surface area contributed by atoms with E-state index in [1.54, 1.807) is 0 Å². The molecule has 0 amide bonds. The van der Waals surface area contributed by atoms with Crippen molar-refractivity contribution in [3.8, 4) is 5.75 Å². The average molecular weight is 278 g/mol. The summed E-state index contributed by atoms with van der Waals surface area (Å²) in [6, 6.07) is 7.91. The fourth-order valence-electron chi connectivity index (χ4n) is 2.45. The molecule has 0 aromatic heterocycles. The number of likely N-dealkylation sites (tertiary alicyclic amines) is 1. The van der Waals surface area contributed by atoms with Crippen LogP contribution in [0.2, 0.25) is 0 Å². The number of rotatable bonds is 8. The van der Waals surface area contributed by atoms with Crippen molar-refractivity contribution < 1.29 is 9.84 Å². The molecule has 0 bridgehead atoms. The molecule has 1 aromatic rings. The maximum atomic E-state index is 10.0. The van der Waals surface area contributed by atoms with Crippen LogP contribution in [0.25, 0.3) is 0 Å². The number of hydrogen-bond acceptors (Lipinski definition) is 4. The first kappa shape index (κ1) is 15.1. The van der Waals surface area contributed by atoms with Gasteiger partial charge >= 0.3 is 0 Å². The first-order valence-electron chi connectivity index (χ1n) is 7.65. The third-order valence-electron chi connectivity index (χ3n) is 3.54. The zero-order valence-corrected chi connectivity index (χ0v) is 12.3. The Morgan fingerprint density at radius 1 is 1.25 bits per heavy atom. The predicted molar refractivity (Wildman–Crippen MR) is 82.4 cm³/mol. The van der Waals surface area contributed by atoms with Crippen LogP contribution in [0.1, 0.15) is 26.2 Å². The summed E-state index contributed by atoms with van der Waals surface area (Å²) in [5, 5.41) is 13.3. The maximum Gasteiger partial charge on any atom is 0.119 e. The number of aliphatic hydroxyl groups is 1. The molecule has 0 radical (unpaired) electrons. The summed E-state index contributed by atoms with van der Waals surface area (Å²) in [7, 11) is 0. The van der Waals surface area contributed by atoms with E-state index in [-0.39, 0.29) is 6.10 Å². The Bertz CT molecular complexity index is 375. The molecule has 0 aliphatic carbocycles. The van der Waals surface area contributed by atoms with E-state index in [1.807, 2.05) is 24.3 Å². The Kier molecular flexibility index (Phi) is 6.15. The smallest absolute Gasteiger partial charge is 0.119 e. The minimum atomic E-state index is -0.316. The van der Waals surface area contributed by atoms with Gasteiger partial charge in [0.05, 0.1) is 12.7 Å². The number of nitrogens with zero attached hydrogens (tertiary/aromatic N) is 1. The van der Waals surface area contributed by atoms with Crippen LogP contribution >= 0.6 is 0 Å². The van der Waals surface area contributed by atoms with Crippen LogP contribution in [-0.4, -0.2) is 48.9 Å². The maximum absolute atomic E-state index is 10.0. The molecule has 1 atom stereocenters. The number of aliphatic hydroxyl groups excluding tert-OH is 1. The lowest BCUT2D eigenvalue weighted by Gasteiger charge is -2.20. The van der Waals surface area contributed by atoms with Gasteiger partial charge in [0, 0.05) is 18.8 Å². The summed E-state index contributed by atoms with van der Waals surface area (Å²) < 4.78 is 5.54. The van der Waals surface area contributed by atoms with Gasteiger partial charge in [0.2, 0.25) is 0 Å². The number of nitrogens with one attached hydrogen (secondary N) is 1. The minimum Gasteiger partial charge on any atom is -0.494 e. The number of β-amino-alcohol motifs (C(OH)–C–C–N with tert-alkyl or cyclic N) is 1. The number of anilines is 1. The van der Waals surface area contributed by atoms with E-state index in [9.17, 15) is 5.11 Å². The molecule has 0 saturated carbocycles. The molecule has 1 aliphatic heterocycles. The van der Waals surface area contributed by atoms with Crippen molar-refractivity contribution in [2.24, 2.45) is 0 Å². The first-order valence-corrected chi connectivity index (χ1v) is 7.65. The fraction of sp³-hybridized carbons (Fsp3) is 0.625. The molecule has 1 heterocycles. The molecule has 1 unspecified atom stereocenters. The van der Waals surface area contributed by atoms with Gasteiger partial charge in [-0.15, -0.1) is 0 Å². The van der Waals surface area contributed by atoms with Crippen LogP contribution in [0.4, 0.5) is 5.69 Å². The van der Waals surface area contributed by atoms with Crippen molar-refractivity contribution in [3.63, 3.8) is 0 Å². The monoisotopic (exact) mass is 278 g/mol. The van der Waals surface area contributed by atoms with Crippen molar-refractivity contribution in [1.82, 2.24) is 4.90 Å². The Labute approximate surface area is 121 Å². The van der Waals surface area contributed by atoms with Crippen LogP contribution in [0, 0.1) is 0 Å². The molecule has 20 heavy (non-hydrogen) atoms. The Balaban J connectivity index is 1.69. The molecular formula is C16H26N2O2. The van der Waals surface area contributed by atoms with Gasteiger partial charge in [-0.05, 0) is 56.6 Å². The lowest BCUT2D eigenvalue weighted by molar-refractivity contribution is 0.135. The summed E-state index contributed by atoms with van der Waals surface area (Å²) >= 11 is 0. The molecular weight excluding hydrogens is 252 g/mol. The van der Waals surface area contributed by atoms with E-state index in [1.165, 1.54) is 12.8 Å². The summed E-state index contributed by atoms with van der Waals surface area (Å²) in [4.78, 5) is 2.33. The standard InChI is InChI=1S/C16H26N2O2/c1-2-11-20-16-7-5-14(6-8-16)17-12-15(19)13-18-9-3-4-10-18/h5-8,15,17,19H,2-4,9-13H2,1H3. The van der Waals surface area contributed by atoms with Crippen molar-refractivity contribution in [3.05, 3.63) is 24.3 Å². The van der Waals surface area contributed by atoms with Crippen molar-refractivity contribution in [2.75, 3.05) is 38.1 Å². The second kappa shape index (κ2) is 8.12. The molecule has 1 aliphatic rings. The first-order chi connectivity index (χ1) is 9.78. The fourth-order valence-corrected chi connectivity index (χ4v) is 2.45. The zero-order valence-electron chi connectivity index (χ0n) is 12.3. The topological polar surface area (TPSA) is 44.7 Å². The molecule has 1 fully saturated rings. The van der Waals surface area contributed by atoms with Crippen molar-refractivity contribution in [1.29, 1.82) is 0 Å². The number of benzene rings is 1. The molecule has 2 rings (SSSR count). The van der Waals surface area contributed by atoms with Gasteiger partial charge in [0.15, 0.2) is 0 Å². The highest BCUT2D eigenvalue weighted by Crippen LogP contribution is 2.16. The second-order valence-electron chi connectivity index (χ2n) is 5.42. The Morgan fingerprint density at radius 2 is 1.95 bits per heavy atom. The van der Waals surface area contributed by atoms with Crippen molar-refractivity contribution in [2.45, 2.75) is 32.3 Å². The van der Waals surface area contributed by atoms with Gasteiger partial charge in [0.25, 0.3) is 0 Å². The molecule has 0 spiro atoms. The average Bonchev–Trinajstić information content (AvgIpc) is 2.97. The summed E-state index contributed by atoms with van der Waals surface area (Å²) in [5.74, 6) is 0.898. The molecule has 4 heteroatoms. The summed E-state index contributed by atoms with van der Waals surface area (Å²) in [6.07, 6.45) is 3.23. The SMILES string of the molecule is CCCOc1ccc(NCC(O)CN2CCCC2)cc1. The molecule has 1 saturated heterocycles. The van der Waals surface area contributed by atoms with Gasteiger partial charge < -0.3 is 20.1 Å². The van der Waals surface area contributed by atoms with Gasteiger partial charge in [-0.3, -0.25) is 0 Å². The van der Waals surface area contributed by atoms with Crippen LogP contribution < -0.4 is 10.1 Å². The quantitative estimate of drug-likeness (QED) is 0.766. The second-order valence-corrected chi connectivity index (χ2v) is 5.42. The van der Waals surface area contributed by atoms with Crippen LogP contribution in [-0.2, 0) is 0 Å². The predicted octanol–water partition coefficient (Wildman–Crippen LogP) is 2.34. The van der Waals surface area contributed by atoms with Crippen LogP contribution in [0.15, 0.2) is 24.3 Å². The zero-order chi connectivity index (χ0) is 14.2. The Hall–Kier alpha value is -1.26. The number of hydrogen-bond donors (Lipinski definition) is 2. The minimum absolute atomic E-state index is 0.316. The number of ether oxygens (including phenoxy) is 1. The van der Waals surface area contributed by atoms with Gasteiger partial charge in [0.1, 0.15) is 5.75 Å². The van der Waals surface area contributed by atoms with Crippen molar-refractivity contribution >= 4 is 5.69 Å². The molecule has 2 N–H and O–H groups in total. The van der Waals surface area contributed by atoms with E-state index in [2.05, 4.69) is 17.1 Å². The van der Waals surface area contributed by atoms with E-state index in [0.29, 0.717) is 6.54 Å². The van der Waals surface area contributed by atoms with Gasteiger partial charge in [-0.1, -0.05) is 6.92 Å². The summed E-state index contributed by atoms with van der Waals surface area (Å²) in [5.41, 5.74) is 1.02. The van der Waals surface area contributed by atoms with E-state index in [0.717, 1.165) is 44.1 Å². The van der Waals surface area contributed by atoms with E-state index < -0.39 is 0 Å². The van der Waals surface area contributed by atoms with E-state index in [4.69, 9.17) is 4.74 Å². The third-order valence-corrected chi connectivity index (χ3v) is 3.54. The van der Waals surface area contributed by atoms with E-state index >= 15 is 0 Å². The molecule has 112 valence electrons. The lowest BCUT2D eigenvalue weighted by Crippen LogP contribution is -2.34.